The van der Waals surface area contributed by atoms with Crippen LogP contribution in [0.5, 0.6) is 11.5 Å². The Hall–Kier alpha value is -5.23. The van der Waals surface area contributed by atoms with Crippen LogP contribution in [0, 0.1) is 19.7 Å². The van der Waals surface area contributed by atoms with Gasteiger partial charge in [-0.2, -0.15) is 5.10 Å². The standard InChI is InChI=1S/C39H35FN4O/c1-5-9-25(2)28-18-26(3)39(27(4)19-28)29-23-42-43(24-29)31-10-8-11-32(21-31)45-33-14-15-35-34-12-6-7-13-36(34)44(37(35)22-33)38-20-30(40)16-17-41-38/h6-8,10-25H,5,9H2,1-4H3. The zero-order valence-corrected chi connectivity index (χ0v) is 26.0. The van der Waals surface area contributed by atoms with Crippen LogP contribution in [0.4, 0.5) is 4.39 Å². The molecule has 45 heavy (non-hydrogen) atoms. The molecule has 0 aliphatic carbocycles. The first-order valence-corrected chi connectivity index (χ1v) is 15.5. The van der Waals surface area contributed by atoms with E-state index in [9.17, 15) is 4.39 Å². The van der Waals surface area contributed by atoms with Gasteiger partial charge in [-0.05, 0) is 84.8 Å². The summed E-state index contributed by atoms with van der Waals surface area (Å²) in [6.07, 6.45) is 7.88. The van der Waals surface area contributed by atoms with Gasteiger partial charge in [0.05, 0.1) is 22.9 Å². The lowest BCUT2D eigenvalue weighted by Crippen LogP contribution is -1.98. The summed E-state index contributed by atoms with van der Waals surface area (Å²) in [6.45, 7) is 8.93. The topological polar surface area (TPSA) is 44.9 Å². The highest BCUT2D eigenvalue weighted by Crippen LogP contribution is 2.36. The van der Waals surface area contributed by atoms with Crippen LogP contribution in [-0.2, 0) is 0 Å². The van der Waals surface area contributed by atoms with Gasteiger partial charge >= 0.3 is 0 Å². The molecule has 7 aromatic rings. The van der Waals surface area contributed by atoms with Crippen molar-refractivity contribution < 1.29 is 9.13 Å². The molecule has 1 atom stereocenters. The Morgan fingerprint density at radius 2 is 1.60 bits per heavy atom. The summed E-state index contributed by atoms with van der Waals surface area (Å²) in [4.78, 5) is 4.47. The van der Waals surface area contributed by atoms with Crippen molar-refractivity contribution in [3.63, 3.8) is 0 Å². The van der Waals surface area contributed by atoms with Gasteiger partial charge in [0.1, 0.15) is 23.1 Å². The molecule has 7 rings (SSSR count). The third kappa shape index (κ3) is 5.37. The van der Waals surface area contributed by atoms with Gasteiger partial charge in [-0.25, -0.2) is 14.1 Å². The van der Waals surface area contributed by atoms with Crippen molar-refractivity contribution in [3.8, 4) is 34.1 Å². The minimum Gasteiger partial charge on any atom is -0.457 e. The molecule has 4 aromatic carbocycles. The number of hydrogen-bond acceptors (Lipinski definition) is 3. The first-order valence-electron chi connectivity index (χ1n) is 15.5. The molecule has 0 aliphatic heterocycles. The first-order chi connectivity index (χ1) is 21.9. The molecule has 0 aliphatic rings. The lowest BCUT2D eigenvalue weighted by Gasteiger charge is -2.16. The van der Waals surface area contributed by atoms with Crippen LogP contribution in [0.1, 0.15) is 49.3 Å². The van der Waals surface area contributed by atoms with E-state index in [1.54, 1.807) is 0 Å². The number of fused-ring (bicyclic) bond motifs is 3. The van der Waals surface area contributed by atoms with Gasteiger partial charge in [-0.15, -0.1) is 0 Å². The monoisotopic (exact) mass is 594 g/mol. The second-order valence-electron chi connectivity index (χ2n) is 11.9. The number of aromatic nitrogens is 4. The molecule has 0 spiro atoms. The van der Waals surface area contributed by atoms with Crippen molar-refractivity contribution in [2.45, 2.75) is 46.5 Å². The fourth-order valence-electron chi connectivity index (χ4n) is 6.53. The van der Waals surface area contributed by atoms with E-state index in [0.29, 0.717) is 23.2 Å². The Bertz CT molecular complexity index is 2150. The fourth-order valence-corrected chi connectivity index (χ4v) is 6.53. The number of aryl methyl sites for hydroxylation is 2. The highest BCUT2D eigenvalue weighted by Gasteiger charge is 2.16. The van der Waals surface area contributed by atoms with Gasteiger partial charge in [-0.1, -0.05) is 56.7 Å². The molecule has 0 bridgehead atoms. The van der Waals surface area contributed by atoms with Crippen molar-refractivity contribution in [1.82, 2.24) is 19.3 Å². The van der Waals surface area contributed by atoms with E-state index >= 15 is 0 Å². The highest BCUT2D eigenvalue weighted by molar-refractivity contribution is 6.09. The molecule has 3 aromatic heterocycles. The van der Waals surface area contributed by atoms with Crippen LogP contribution in [-0.4, -0.2) is 19.3 Å². The van der Waals surface area contributed by atoms with Crippen LogP contribution >= 0.6 is 0 Å². The SMILES string of the molecule is CCCC(C)c1cc(C)c(-c2cnn(-c3cccc(Oc4ccc5c6ccccc6n(-c6cc(F)ccn6)c5c4)c3)c2)c(C)c1. The smallest absolute Gasteiger partial charge is 0.140 e. The molecule has 1 unspecified atom stereocenters. The van der Waals surface area contributed by atoms with E-state index in [1.807, 2.05) is 76.1 Å². The lowest BCUT2D eigenvalue weighted by atomic mass is 9.89. The Kier molecular flexibility index (Phi) is 7.42. The van der Waals surface area contributed by atoms with Crippen LogP contribution in [0.25, 0.3) is 44.4 Å². The highest BCUT2D eigenvalue weighted by atomic mass is 19.1. The second kappa shape index (κ2) is 11.7. The van der Waals surface area contributed by atoms with Gasteiger partial charge in [0.2, 0.25) is 0 Å². The summed E-state index contributed by atoms with van der Waals surface area (Å²) in [5.41, 5.74) is 9.01. The van der Waals surface area contributed by atoms with Gasteiger partial charge < -0.3 is 4.74 Å². The van der Waals surface area contributed by atoms with Crippen LogP contribution < -0.4 is 4.74 Å². The summed E-state index contributed by atoms with van der Waals surface area (Å²) in [5.74, 6) is 2.10. The van der Waals surface area contributed by atoms with Crippen LogP contribution in [0.3, 0.4) is 0 Å². The summed E-state index contributed by atoms with van der Waals surface area (Å²) in [5, 5.41) is 6.83. The minimum absolute atomic E-state index is 0.333. The van der Waals surface area contributed by atoms with Crippen molar-refractivity contribution in [3.05, 3.63) is 132 Å². The normalized spacial score (nSPS) is 12.2. The largest absolute Gasteiger partial charge is 0.457 e. The predicted octanol–water partition coefficient (Wildman–Crippen LogP) is 10.5. The minimum atomic E-state index is -0.333. The van der Waals surface area contributed by atoms with E-state index in [0.717, 1.165) is 33.1 Å². The summed E-state index contributed by atoms with van der Waals surface area (Å²) >= 11 is 0. The molecule has 0 amide bonds. The number of nitrogens with zero attached hydrogens (tertiary/aromatic N) is 4. The van der Waals surface area contributed by atoms with Crippen LogP contribution in [0.2, 0.25) is 0 Å². The maximum Gasteiger partial charge on any atom is 0.140 e. The molecule has 0 N–H and O–H groups in total. The third-order valence-electron chi connectivity index (χ3n) is 8.62. The average Bonchev–Trinajstić information content (AvgIpc) is 3.64. The molecule has 5 nitrogen and oxygen atoms in total. The summed E-state index contributed by atoms with van der Waals surface area (Å²) in [6, 6.07) is 29.5. The number of rotatable bonds is 8. The molecule has 0 fully saturated rings. The number of hydrogen-bond donors (Lipinski definition) is 0. The van der Waals surface area contributed by atoms with E-state index < -0.39 is 0 Å². The van der Waals surface area contributed by atoms with Gasteiger partial charge in [-0.3, -0.25) is 4.57 Å². The van der Waals surface area contributed by atoms with Crippen LogP contribution in [0.15, 0.2) is 110 Å². The number of pyridine rings is 1. The lowest BCUT2D eigenvalue weighted by molar-refractivity contribution is 0.483. The number of benzene rings is 4. The first kappa shape index (κ1) is 28.5. The van der Waals surface area contributed by atoms with Gasteiger partial charge in [0.25, 0.3) is 0 Å². The van der Waals surface area contributed by atoms with Crippen molar-refractivity contribution >= 4 is 21.8 Å². The number of ether oxygens (including phenoxy) is 1. The Morgan fingerprint density at radius 3 is 2.40 bits per heavy atom. The van der Waals surface area contributed by atoms with Gasteiger partial charge in [0, 0.05) is 46.9 Å². The molecular formula is C39H35FN4O. The molecule has 0 radical (unpaired) electrons. The van der Waals surface area contributed by atoms with E-state index in [1.165, 1.54) is 53.4 Å². The molecule has 3 heterocycles. The zero-order chi connectivity index (χ0) is 31.1. The van der Waals surface area contributed by atoms with Gasteiger partial charge in [0.15, 0.2) is 0 Å². The maximum absolute atomic E-state index is 14.2. The van der Waals surface area contributed by atoms with E-state index in [-0.39, 0.29) is 5.82 Å². The van der Waals surface area contributed by atoms with Crippen molar-refractivity contribution in [2.75, 3.05) is 0 Å². The number of para-hydroxylation sites is 1. The van der Waals surface area contributed by atoms with Crippen molar-refractivity contribution in [2.24, 2.45) is 0 Å². The molecule has 6 heteroatoms. The van der Waals surface area contributed by atoms with Crippen molar-refractivity contribution in [1.29, 1.82) is 0 Å². The maximum atomic E-state index is 14.2. The number of halogens is 1. The fraction of sp³-hybridized carbons (Fsp3) is 0.179. The third-order valence-corrected chi connectivity index (χ3v) is 8.62. The Labute approximate surface area is 262 Å². The summed E-state index contributed by atoms with van der Waals surface area (Å²) in [7, 11) is 0. The molecule has 0 saturated heterocycles. The molecule has 224 valence electrons. The van der Waals surface area contributed by atoms with E-state index in [4.69, 9.17) is 9.84 Å². The Balaban J connectivity index is 1.20. The molecule has 0 saturated carbocycles. The Morgan fingerprint density at radius 1 is 0.822 bits per heavy atom. The summed E-state index contributed by atoms with van der Waals surface area (Å²) < 4.78 is 24.5. The quantitative estimate of drug-likeness (QED) is 0.176. The second-order valence-corrected chi connectivity index (χ2v) is 11.9. The predicted molar refractivity (Wildman–Crippen MR) is 180 cm³/mol. The average molecular weight is 595 g/mol. The molecular weight excluding hydrogens is 559 g/mol. The zero-order valence-electron chi connectivity index (χ0n) is 26.0. The van der Waals surface area contributed by atoms with E-state index in [2.05, 4.69) is 57.1 Å².